The van der Waals surface area contributed by atoms with Gasteiger partial charge in [-0.1, -0.05) is 6.07 Å². The maximum Gasteiger partial charge on any atom is 0.267 e. The Morgan fingerprint density at radius 2 is 2.27 bits per heavy atom. The van der Waals surface area contributed by atoms with Gasteiger partial charge in [0.05, 0.1) is 13.2 Å². The fourth-order valence-electron chi connectivity index (χ4n) is 2.05. The Morgan fingerprint density at radius 1 is 1.50 bits per heavy atom. The van der Waals surface area contributed by atoms with E-state index in [1.807, 2.05) is 36.5 Å². The second-order valence-corrected chi connectivity index (χ2v) is 5.96. The van der Waals surface area contributed by atoms with E-state index in [4.69, 9.17) is 4.74 Å². The number of ether oxygens (including phenoxy) is 1. The molecule has 0 unspecified atom stereocenters. The Bertz CT molecular complexity index is 680. The summed E-state index contributed by atoms with van der Waals surface area (Å²) in [7, 11) is 5.34. The van der Waals surface area contributed by atoms with Crippen LogP contribution in [0.15, 0.2) is 34.6 Å². The number of aromatic amines is 1. The molecular formula is C15H19N3O3S. The fourth-order valence-corrected chi connectivity index (χ4v) is 2.97. The molecule has 0 bridgehead atoms. The van der Waals surface area contributed by atoms with Gasteiger partial charge in [0.2, 0.25) is 5.43 Å². The summed E-state index contributed by atoms with van der Waals surface area (Å²) in [5.41, 5.74) is -0.108. The van der Waals surface area contributed by atoms with Gasteiger partial charge < -0.3 is 19.9 Å². The summed E-state index contributed by atoms with van der Waals surface area (Å²) in [4.78, 5) is 29.8. The van der Waals surface area contributed by atoms with Crippen LogP contribution in [0.4, 0.5) is 0 Å². The van der Waals surface area contributed by atoms with Gasteiger partial charge in [0.1, 0.15) is 5.69 Å². The molecule has 2 N–H and O–H groups in total. The molecule has 6 nitrogen and oxygen atoms in total. The van der Waals surface area contributed by atoms with Gasteiger partial charge in [-0.3, -0.25) is 9.59 Å². The van der Waals surface area contributed by atoms with Crippen molar-refractivity contribution < 1.29 is 9.53 Å². The Labute approximate surface area is 132 Å². The van der Waals surface area contributed by atoms with Crippen molar-refractivity contribution in [3.05, 3.63) is 50.6 Å². The maximum absolute atomic E-state index is 12.2. The van der Waals surface area contributed by atoms with E-state index in [9.17, 15) is 9.59 Å². The molecule has 0 spiro atoms. The number of aromatic nitrogens is 1. The normalized spacial score (nSPS) is 12.2. The highest BCUT2D eigenvalue weighted by Gasteiger charge is 2.17. The Kier molecular flexibility index (Phi) is 5.35. The molecule has 118 valence electrons. The number of H-pyrrole nitrogens is 1. The number of carbonyl (C=O) groups excluding carboxylic acids is 1. The molecule has 1 atom stereocenters. The molecule has 0 aromatic carbocycles. The zero-order chi connectivity index (χ0) is 16.1. The number of carbonyl (C=O) groups is 1. The van der Waals surface area contributed by atoms with Crippen LogP contribution in [0.1, 0.15) is 21.4 Å². The third kappa shape index (κ3) is 3.75. The van der Waals surface area contributed by atoms with E-state index in [-0.39, 0.29) is 28.8 Å². The Hall–Kier alpha value is -2.12. The van der Waals surface area contributed by atoms with Crippen LogP contribution in [-0.2, 0) is 0 Å². The number of thiophene rings is 1. The second-order valence-electron chi connectivity index (χ2n) is 4.98. The number of hydrogen-bond acceptors (Lipinski definition) is 5. The van der Waals surface area contributed by atoms with Crippen LogP contribution in [0.2, 0.25) is 0 Å². The molecule has 7 heteroatoms. The standard InChI is InChI=1S/C15H19N3O3S/c1-18(2)11(14-5-4-6-22-14)8-17-15(20)10-7-12(19)13(21-3)9-16-10/h4-7,9,11H,8H2,1-3H3,(H,16,19)(H,17,20)/t11-/m1/s1. The average Bonchev–Trinajstić information content (AvgIpc) is 3.00. The Balaban J connectivity index is 2.05. The molecular weight excluding hydrogens is 302 g/mol. The number of likely N-dealkylation sites (N-methyl/N-ethyl adjacent to an activating group) is 1. The third-order valence-electron chi connectivity index (χ3n) is 3.29. The van der Waals surface area contributed by atoms with E-state index >= 15 is 0 Å². The van der Waals surface area contributed by atoms with E-state index in [0.29, 0.717) is 6.54 Å². The number of amides is 1. The molecule has 0 aliphatic heterocycles. The first-order valence-electron chi connectivity index (χ1n) is 6.77. The highest BCUT2D eigenvalue weighted by molar-refractivity contribution is 7.10. The highest BCUT2D eigenvalue weighted by Crippen LogP contribution is 2.22. The first kappa shape index (κ1) is 16.3. The second kappa shape index (κ2) is 7.24. The topological polar surface area (TPSA) is 74.4 Å². The van der Waals surface area contributed by atoms with E-state index in [1.165, 1.54) is 24.3 Å². The number of pyridine rings is 1. The summed E-state index contributed by atoms with van der Waals surface area (Å²) >= 11 is 1.65. The quantitative estimate of drug-likeness (QED) is 0.845. The smallest absolute Gasteiger partial charge is 0.267 e. The van der Waals surface area contributed by atoms with Crippen molar-refractivity contribution in [2.24, 2.45) is 0 Å². The molecule has 22 heavy (non-hydrogen) atoms. The molecule has 0 fully saturated rings. The predicted molar refractivity (Wildman–Crippen MR) is 86.7 cm³/mol. The van der Waals surface area contributed by atoms with Gasteiger partial charge in [-0.15, -0.1) is 11.3 Å². The molecule has 0 saturated carbocycles. The lowest BCUT2D eigenvalue weighted by atomic mass is 10.2. The third-order valence-corrected chi connectivity index (χ3v) is 4.27. The minimum Gasteiger partial charge on any atom is -0.491 e. The first-order valence-corrected chi connectivity index (χ1v) is 7.65. The summed E-state index contributed by atoms with van der Waals surface area (Å²) in [6, 6.07) is 5.36. The van der Waals surface area contributed by atoms with E-state index < -0.39 is 0 Å². The van der Waals surface area contributed by atoms with Crippen molar-refractivity contribution in [1.29, 1.82) is 0 Å². The van der Waals surface area contributed by atoms with Crippen LogP contribution in [0.3, 0.4) is 0 Å². The summed E-state index contributed by atoms with van der Waals surface area (Å²) in [6.45, 7) is 0.459. The number of nitrogens with one attached hydrogen (secondary N) is 2. The molecule has 2 aromatic heterocycles. The van der Waals surface area contributed by atoms with Crippen molar-refractivity contribution in [1.82, 2.24) is 15.2 Å². The molecule has 1 amide bonds. The number of methoxy groups -OCH3 is 1. The van der Waals surface area contributed by atoms with E-state index in [1.54, 1.807) is 11.3 Å². The highest BCUT2D eigenvalue weighted by atomic mass is 32.1. The largest absolute Gasteiger partial charge is 0.491 e. The zero-order valence-electron chi connectivity index (χ0n) is 12.8. The van der Waals surface area contributed by atoms with Crippen LogP contribution >= 0.6 is 11.3 Å². The lowest BCUT2D eigenvalue weighted by Gasteiger charge is -2.23. The number of hydrogen-bond donors (Lipinski definition) is 2. The molecule has 2 rings (SSSR count). The Morgan fingerprint density at radius 3 is 2.82 bits per heavy atom. The van der Waals surface area contributed by atoms with Crippen LogP contribution in [0.25, 0.3) is 0 Å². The minimum absolute atomic E-state index is 0.0916. The van der Waals surface area contributed by atoms with Crippen LogP contribution in [-0.4, -0.2) is 43.5 Å². The molecule has 0 saturated heterocycles. The van der Waals surface area contributed by atoms with Crippen molar-refractivity contribution in [3.8, 4) is 5.75 Å². The van der Waals surface area contributed by atoms with Gasteiger partial charge in [0.25, 0.3) is 5.91 Å². The summed E-state index contributed by atoms with van der Waals surface area (Å²) < 4.78 is 4.88. The number of nitrogens with zero attached hydrogens (tertiary/aromatic N) is 1. The average molecular weight is 321 g/mol. The van der Waals surface area contributed by atoms with Crippen molar-refractivity contribution in [2.75, 3.05) is 27.7 Å². The molecule has 0 radical (unpaired) electrons. The molecule has 0 aliphatic rings. The van der Waals surface area contributed by atoms with Crippen LogP contribution in [0, 0.1) is 0 Å². The van der Waals surface area contributed by atoms with Gasteiger partial charge in [0, 0.05) is 23.7 Å². The summed E-state index contributed by atoms with van der Waals surface area (Å²) in [6.07, 6.45) is 1.39. The van der Waals surface area contributed by atoms with Crippen molar-refractivity contribution in [3.63, 3.8) is 0 Å². The summed E-state index contributed by atoms with van der Waals surface area (Å²) in [5.74, 6) is -0.135. The van der Waals surface area contributed by atoms with Crippen molar-refractivity contribution >= 4 is 17.2 Å². The van der Waals surface area contributed by atoms with E-state index in [0.717, 1.165) is 0 Å². The van der Waals surface area contributed by atoms with Gasteiger partial charge in [-0.05, 0) is 25.5 Å². The van der Waals surface area contributed by atoms with Gasteiger partial charge in [-0.2, -0.15) is 0 Å². The SMILES string of the molecule is COc1c[nH]c(C(=O)NC[C@H](c2cccs2)N(C)C)cc1=O. The number of rotatable bonds is 6. The monoisotopic (exact) mass is 321 g/mol. The van der Waals surface area contributed by atoms with Gasteiger partial charge in [-0.25, -0.2) is 0 Å². The van der Waals surface area contributed by atoms with Gasteiger partial charge in [0.15, 0.2) is 5.75 Å². The van der Waals surface area contributed by atoms with Crippen LogP contribution in [0.5, 0.6) is 5.75 Å². The predicted octanol–water partition coefficient (Wildman–Crippen LogP) is 1.48. The molecule has 2 aromatic rings. The fraction of sp³-hybridized carbons (Fsp3) is 0.333. The minimum atomic E-state index is -0.325. The van der Waals surface area contributed by atoms with E-state index in [2.05, 4.69) is 10.3 Å². The molecule has 2 heterocycles. The summed E-state index contributed by atoms with van der Waals surface area (Å²) in [5, 5.41) is 4.86. The lowest BCUT2D eigenvalue weighted by molar-refractivity contribution is 0.0937. The maximum atomic E-state index is 12.2. The lowest BCUT2D eigenvalue weighted by Crippen LogP contribution is -2.34. The van der Waals surface area contributed by atoms with Crippen LogP contribution < -0.4 is 15.5 Å². The first-order chi connectivity index (χ1) is 10.5. The van der Waals surface area contributed by atoms with Crippen molar-refractivity contribution in [2.45, 2.75) is 6.04 Å². The zero-order valence-corrected chi connectivity index (χ0v) is 13.6. The molecule has 0 aliphatic carbocycles. The van der Waals surface area contributed by atoms with Gasteiger partial charge >= 0.3 is 0 Å².